The zero-order chi connectivity index (χ0) is 21.1. The first-order valence-electron chi connectivity index (χ1n) is 10.3. The van der Waals surface area contributed by atoms with Crippen LogP contribution in [0, 0.1) is 0 Å². The Hall–Kier alpha value is -2.70. The van der Waals surface area contributed by atoms with E-state index in [1.165, 1.54) is 11.6 Å². The first-order chi connectivity index (χ1) is 13.9. The van der Waals surface area contributed by atoms with Gasteiger partial charge in [0, 0.05) is 37.7 Å². The van der Waals surface area contributed by atoms with Crippen molar-refractivity contribution in [2.24, 2.45) is 5.73 Å². The summed E-state index contributed by atoms with van der Waals surface area (Å²) in [7, 11) is 0. The zero-order valence-electron chi connectivity index (χ0n) is 17.7. The Morgan fingerprint density at radius 1 is 1.00 bits per heavy atom. The second kappa shape index (κ2) is 13.5. The molecule has 1 aromatic carbocycles. The van der Waals surface area contributed by atoms with E-state index >= 15 is 0 Å². The van der Waals surface area contributed by atoms with Gasteiger partial charge in [-0.3, -0.25) is 9.59 Å². The highest BCUT2D eigenvalue weighted by atomic mass is 16.3. The van der Waals surface area contributed by atoms with Crippen molar-refractivity contribution in [1.29, 1.82) is 0 Å². The Kier molecular flexibility index (Phi) is 11.4. The first kappa shape index (κ1) is 25.3. The number of aryl methyl sites for hydroxylation is 1. The number of H-pyrrole nitrogens is 1. The van der Waals surface area contributed by atoms with E-state index in [9.17, 15) is 14.7 Å². The van der Waals surface area contributed by atoms with Crippen LogP contribution in [-0.4, -0.2) is 33.2 Å². The summed E-state index contributed by atoms with van der Waals surface area (Å²) < 4.78 is 0. The maximum Gasteiger partial charge on any atom is 0.140 e. The van der Waals surface area contributed by atoms with E-state index in [1.54, 1.807) is 6.92 Å². The third-order valence-electron chi connectivity index (χ3n) is 4.82. The van der Waals surface area contributed by atoms with E-state index in [0.29, 0.717) is 19.3 Å². The molecule has 0 aliphatic carbocycles. The van der Waals surface area contributed by atoms with Crippen LogP contribution in [0.2, 0.25) is 0 Å². The first-order valence-corrected chi connectivity index (χ1v) is 10.3. The topological polar surface area (TPSA) is 128 Å². The molecule has 0 spiro atoms. The minimum atomic E-state index is -0.258. The molecule has 0 saturated carbocycles. The number of allylic oxidation sites excluding steroid dienone is 1. The number of carbonyl (C=O) groups is 2. The fourth-order valence-corrected chi connectivity index (χ4v) is 3.25. The van der Waals surface area contributed by atoms with Gasteiger partial charge in [-0.15, -0.1) is 0 Å². The van der Waals surface area contributed by atoms with Crippen LogP contribution in [0.3, 0.4) is 0 Å². The summed E-state index contributed by atoms with van der Waals surface area (Å²) in [5, 5.41) is 9.60. The minimum absolute atomic E-state index is 0. The molecule has 0 amide bonds. The number of aromatic nitrogens is 1. The molecule has 6 nitrogen and oxygen atoms in total. The third-order valence-corrected chi connectivity index (χ3v) is 4.82. The fraction of sp³-hybridized carbons (Fsp3) is 0.417. The number of carbonyl (C=O) groups excluding carboxylic acids is 2. The van der Waals surface area contributed by atoms with Crippen LogP contribution in [0.25, 0.3) is 11.1 Å². The Bertz CT molecular complexity index is 793. The lowest BCUT2D eigenvalue weighted by Gasteiger charge is -2.04. The summed E-state index contributed by atoms with van der Waals surface area (Å²) in [6.07, 6.45) is 10.1. The molecule has 164 valence electrons. The molecule has 1 aromatic heterocycles. The minimum Gasteiger partial charge on any atom is -0.512 e. The average molecular weight is 415 g/mol. The van der Waals surface area contributed by atoms with Crippen molar-refractivity contribution in [2.75, 3.05) is 0 Å². The van der Waals surface area contributed by atoms with E-state index in [-0.39, 0.29) is 35.3 Å². The average Bonchev–Trinajstić information content (AvgIpc) is 3.20. The lowest BCUT2D eigenvalue weighted by atomic mass is 10.0. The Morgan fingerprint density at radius 3 is 2.27 bits per heavy atom. The van der Waals surface area contributed by atoms with E-state index in [4.69, 9.17) is 5.73 Å². The molecular weight excluding hydrogens is 380 g/mol. The molecule has 6 heteroatoms. The summed E-state index contributed by atoms with van der Waals surface area (Å²) in [5.41, 5.74) is 9.04. The maximum absolute atomic E-state index is 12.1. The number of aliphatic hydroxyl groups excluding tert-OH is 1. The molecule has 2 rings (SSSR count). The lowest BCUT2D eigenvalue weighted by Crippen LogP contribution is -2.12. The van der Waals surface area contributed by atoms with E-state index in [2.05, 4.69) is 29.2 Å². The molecule has 0 saturated heterocycles. The Morgan fingerprint density at radius 2 is 1.67 bits per heavy atom. The molecule has 0 radical (unpaired) electrons. The number of Topliss-reactive ketones (excluding diaryl/α,β-unsaturated/α-hetero) is 2. The normalized spacial score (nSPS) is 12.3. The number of benzene rings is 1. The van der Waals surface area contributed by atoms with Crippen molar-refractivity contribution in [3.8, 4) is 11.1 Å². The van der Waals surface area contributed by atoms with Crippen molar-refractivity contribution in [1.82, 2.24) is 4.98 Å². The number of aromatic amines is 1. The van der Waals surface area contributed by atoms with Gasteiger partial charge in [-0.05, 0) is 55.0 Å². The fourth-order valence-electron chi connectivity index (χ4n) is 3.25. The van der Waals surface area contributed by atoms with Gasteiger partial charge in [0.05, 0.1) is 12.2 Å². The van der Waals surface area contributed by atoms with Crippen molar-refractivity contribution in [3.05, 3.63) is 60.1 Å². The number of ketones is 2. The van der Waals surface area contributed by atoms with Gasteiger partial charge in [-0.2, -0.15) is 0 Å². The van der Waals surface area contributed by atoms with Gasteiger partial charge in [-0.1, -0.05) is 30.7 Å². The van der Waals surface area contributed by atoms with Crippen molar-refractivity contribution in [2.45, 2.75) is 64.3 Å². The summed E-state index contributed by atoms with van der Waals surface area (Å²) in [4.78, 5) is 26.9. The number of nitrogens with two attached hydrogens (primary N) is 1. The number of nitrogens with one attached hydrogen (secondary N) is 1. The van der Waals surface area contributed by atoms with Gasteiger partial charge >= 0.3 is 0 Å². The number of hydrogen-bond acceptors (Lipinski definition) is 4. The summed E-state index contributed by atoms with van der Waals surface area (Å²) in [5.74, 6) is 0.318. The predicted octanol–water partition coefficient (Wildman–Crippen LogP) is 4.06. The maximum atomic E-state index is 12.1. The SMILES string of the molecule is CC(N)/C=C(\O)CC(=O)CCCCCC(=O)CCc1ccc(-c2cc[nH]c2)cc1.O. The zero-order valence-corrected chi connectivity index (χ0v) is 17.7. The van der Waals surface area contributed by atoms with Gasteiger partial charge in [0.25, 0.3) is 0 Å². The Balaban J connectivity index is 0.00000450. The number of hydrogen-bond donors (Lipinski definition) is 3. The van der Waals surface area contributed by atoms with Crippen molar-refractivity contribution < 1.29 is 20.2 Å². The molecule has 0 bridgehead atoms. The highest BCUT2D eigenvalue weighted by molar-refractivity contribution is 5.80. The van der Waals surface area contributed by atoms with E-state index in [0.717, 1.165) is 36.8 Å². The quantitative estimate of drug-likeness (QED) is 0.337. The second-order valence-corrected chi connectivity index (χ2v) is 7.63. The highest BCUT2D eigenvalue weighted by Crippen LogP contribution is 2.19. The van der Waals surface area contributed by atoms with Gasteiger partial charge in [0.1, 0.15) is 11.6 Å². The summed E-state index contributed by atoms with van der Waals surface area (Å²) >= 11 is 0. The van der Waals surface area contributed by atoms with Crippen molar-refractivity contribution in [3.63, 3.8) is 0 Å². The molecule has 1 atom stereocenters. The molecule has 0 fully saturated rings. The Labute approximate surface area is 178 Å². The highest BCUT2D eigenvalue weighted by Gasteiger charge is 2.07. The standard InChI is InChI=1S/C24H32N2O3.H2O/c1-18(25)15-24(29)16-23(28)6-4-2-3-5-22(27)12-9-19-7-10-20(11-8-19)21-13-14-26-17-21;/h7-8,10-11,13-15,17-18,26,29H,2-6,9,12,16,25H2,1H3;1H2/b24-15-;. The van der Waals surface area contributed by atoms with Crippen LogP contribution in [0.4, 0.5) is 0 Å². The van der Waals surface area contributed by atoms with Crippen LogP contribution in [-0.2, 0) is 16.0 Å². The monoisotopic (exact) mass is 414 g/mol. The number of unbranched alkanes of at least 4 members (excludes halogenated alkanes) is 2. The summed E-state index contributed by atoms with van der Waals surface area (Å²) in [6.45, 7) is 1.75. The summed E-state index contributed by atoms with van der Waals surface area (Å²) in [6, 6.07) is 10.1. The van der Waals surface area contributed by atoms with Crippen molar-refractivity contribution >= 4 is 11.6 Å². The molecule has 1 unspecified atom stereocenters. The molecule has 0 aliphatic rings. The molecule has 30 heavy (non-hydrogen) atoms. The molecule has 2 aromatic rings. The largest absolute Gasteiger partial charge is 0.512 e. The van der Waals surface area contributed by atoms with Crippen LogP contribution in [0.1, 0.15) is 57.4 Å². The van der Waals surface area contributed by atoms with E-state index in [1.807, 2.05) is 18.5 Å². The second-order valence-electron chi connectivity index (χ2n) is 7.63. The van der Waals surface area contributed by atoms with Gasteiger partial charge in [0.2, 0.25) is 0 Å². The predicted molar refractivity (Wildman–Crippen MR) is 120 cm³/mol. The van der Waals surface area contributed by atoms with Gasteiger partial charge < -0.3 is 21.3 Å². The number of rotatable bonds is 13. The van der Waals surface area contributed by atoms with Gasteiger partial charge in [-0.25, -0.2) is 0 Å². The van der Waals surface area contributed by atoms with E-state index < -0.39 is 0 Å². The van der Waals surface area contributed by atoms with Crippen LogP contribution in [0.5, 0.6) is 0 Å². The molecular formula is C24H34N2O4. The smallest absolute Gasteiger partial charge is 0.140 e. The molecule has 6 N–H and O–H groups in total. The lowest BCUT2D eigenvalue weighted by molar-refractivity contribution is -0.119. The van der Waals surface area contributed by atoms with Crippen LogP contribution >= 0.6 is 0 Å². The third kappa shape index (κ3) is 9.67. The molecule has 1 heterocycles. The van der Waals surface area contributed by atoms with Gasteiger partial charge in [0.15, 0.2) is 0 Å². The number of aliphatic hydroxyl groups is 1. The molecule has 0 aliphatic heterocycles. The van der Waals surface area contributed by atoms with Crippen LogP contribution in [0.15, 0.2) is 54.6 Å². The van der Waals surface area contributed by atoms with Crippen LogP contribution < -0.4 is 5.73 Å².